The average molecular weight is 259 g/mol. The molecular weight excluding hydrogens is 238 g/mol. The predicted molar refractivity (Wildman–Crippen MR) is 62.3 cm³/mol. The number of quaternary nitrogens is 1. The molecule has 104 valence electrons. The highest BCUT2D eigenvalue weighted by atomic mass is 16.5. The van der Waals surface area contributed by atoms with Crippen LogP contribution >= 0.6 is 0 Å². The zero-order valence-electron chi connectivity index (χ0n) is 11.2. The Morgan fingerprint density at radius 3 is 2.39 bits per heavy atom. The number of hydrogen-bond donors (Lipinski definition) is 0. The molecule has 18 heavy (non-hydrogen) atoms. The number of esters is 1. The van der Waals surface area contributed by atoms with E-state index in [-0.39, 0.29) is 12.8 Å². The Kier molecular flexibility index (Phi) is 7.19. The molecular formula is C12H21NO5. The molecule has 6 heteroatoms. The van der Waals surface area contributed by atoms with E-state index in [2.05, 4.69) is 0 Å². The summed E-state index contributed by atoms with van der Waals surface area (Å²) in [7, 11) is 5.63. The van der Waals surface area contributed by atoms with Crippen LogP contribution in [0.2, 0.25) is 0 Å². The van der Waals surface area contributed by atoms with Gasteiger partial charge in [0.2, 0.25) is 0 Å². The number of nitrogens with zero attached hydrogens (tertiary/aromatic N) is 1. The maximum atomic E-state index is 11.4. The van der Waals surface area contributed by atoms with Gasteiger partial charge in [-0.25, -0.2) is 0 Å². The quantitative estimate of drug-likeness (QED) is 0.232. The third-order valence-corrected chi connectivity index (χ3v) is 2.15. The first-order valence-corrected chi connectivity index (χ1v) is 5.88. The molecule has 0 fully saturated rings. The molecule has 6 nitrogen and oxygen atoms in total. The summed E-state index contributed by atoms with van der Waals surface area (Å²) in [5, 5.41) is 10.6. The molecule has 0 amide bonds. The first kappa shape index (κ1) is 16.6. The van der Waals surface area contributed by atoms with Crippen LogP contribution < -0.4 is 5.11 Å². The third kappa shape index (κ3) is 9.77. The molecule has 0 aromatic rings. The van der Waals surface area contributed by atoms with Crippen LogP contribution in [0.4, 0.5) is 0 Å². The normalized spacial score (nSPS) is 12.8. The summed E-state index contributed by atoms with van der Waals surface area (Å²) in [4.78, 5) is 32.1. The van der Waals surface area contributed by atoms with Crippen molar-refractivity contribution in [1.29, 1.82) is 0 Å². The van der Waals surface area contributed by atoms with E-state index in [1.54, 1.807) is 0 Å². The van der Waals surface area contributed by atoms with Crippen molar-refractivity contribution in [3.05, 3.63) is 0 Å². The standard InChI is InChI=1S/C12H21NO5/c1-13(2,3)9-10(8-11(15)16)18-12(17)6-4-5-7-14/h7,10H,4-6,8-9H2,1-3H3. The van der Waals surface area contributed by atoms with Gasteiger partial charge in [-0.2, -0.15) is 0 Å². The van der Waals surface area contributed by atoms with Gasteiger partial charge in [0.15, 0.2) is 6.10 Å². The minimum atomic E-state index is -1.24. The number of unbranched alkanes of at least 4 members (excludes halogenated alkanes) is 1. The second kappa shape index (κ2) is 7.81. The molecule has 0 aromatic heterocycles. The zero-order chi connectivity index (χ0) is 14.2. The number of ether oxygens (including phenoxy) is 1. The van der Waals surface area contributed by atoms with E-state index in [0.717, 1.165) is 6.29 Å². The van der Waals surface area contributed by atoms with Gasteiger partial charge in [0.05, 0.1) is 21.1 Å². The molecule has 1 unspecified atom stereocenters. The second-order valence-electron chi connectivity index (χ2n) is 5.22. The van der Waals surface area contributed by atoms with Crippen LogP contribution in [0.3, 0.4) is 0 Å². The number of carbonyl (C=O) groups excluding carboxylic acids is 3. The van der Waals surface area contributed by atoms with Crippen LogP contribution in [-0.2, 0) is 19.1 Å². The fourth-order valence-electron chi connectivity index (χ4n) is 1.51. The van der Waals surface area contributed by atoms with E-state index in [1.165, 1.54) is 0 Å². The van der Waals surface area contributed by atoms with Crippen molar-refractivity contribution >= 4 is 18.2 Å². The Morgan fingerprint density at radius 2 is 1.94 bits per heavy atom. The lowest BCUT2D eigenvalue weighted by Crippen LogP contribution is -2.45. The number of likely N-dealkylation sites (N-methyl/N-ethyl adjacent to an activating group) is 1. The van der Waals surface area contributed by atoms with Crippen molar-refractivity contribution in [1.82, 2.24) is 0 Å². The number of hydrogen-bond acceptors (Lipinski definition) is 5. The van der Waals surface area contributed by atoms with Gasteiger partial charge in [-0.05, 0) is 6.42 Å². The van der Waals surface area contributed by atoms with E-state index in [0.29, 0.717) is 23.9 Å². The molecule has 0 spiro atoms. The summed E-state index contributed by atoms with van der Waals surface area (Å²) in [6.07, 6.45) is 0.575. The Bertz CT molecular complexity index is 295. The van der Waals surface area contributed by atoms with E-state index >= 15 is 0 Å². The van der Waals surface area contributed by atoms with Crippen LogP contribution in [0.15, 0.2) is 0 Å². The smallest absolute Gasteiger partial charge is 0.306 e. The monoisotopic (exact) mass is 259 g/mol. The first-order valence-electron chi connectivity index (χ1n) is 5.88. The van der Waals surface area contributed by atoms with Gasteiger partial charge in [0.25, 0.3) is 0 Å². The Balaban J connectivity index is 4.26. The molecule has 0 radical (unpaired) electrons. The molecule has 0 aliphatic carbocycles. The van der Waals surface area contributed by atoms with Crippen molar-refractivity contribution < 1.29 is 28.7 Å². The molecule has 0 N–H and O–H groups in total. The van der Waals surface area contributed by atoms with Gasteiger partial charge < -0.3 is 23.9 Å². The minimum absolute atomic E-state index is 0.124. The summed E-state index contributed by atoms with van der Waals surface area (Å²) in [5.74, 6) is -1.72. The van der Waals surface area contributed by atoms with E-state index in [4.69, 9.17) is 4.74 Å². The number of carboxylic acid groups (broad SMARTS) is 1. The van der Waals surface area contributed by atoms with Crippen LogP contribution in [0.25, 0.3) is 0 Å². The number of carboxylic acids is 1. The van der Waals surface area contributed by atoms with E-state index < -0.39 is 18.0 Å². The van der Waals surface area contributed by atoms with Gasteiger partial charge in [-0.3, -0.25) is 4.79 Å². The molecule has 1 atom stereocenters. The van der Waals surface area contributed by atoms with Crippen LogP contribution in [-0.4, -0.2) is 56.5 Å². The summed E-state index contributed by atoms with van der Waals surface area (Å²) < 4.78 is 5.58. The first-order chi connectivity index (χ1) is 8.24. The maximum absolute atomic E-state index is 11.4. The fourth-order valence-corrected chi connectivity index (χ4v) is 1.51. The summed E-state index contributed by atoms with van der Waals surface area (Å²) in [6, 6.07) is 0. The highest BCUT2D eigenvalue weighted by Crippen LogP contribution is 2.07. The lowest BCUT2D eigenvalue weighted by atomic mass is 10.2. The lowest BCUT2D eigenvalue weighted by Gasteiger charge is -2.29. The molecule has 0 rings (SSSR count). The number of aliphatic carboxylic acids is 1. The lowest BCUT2D eigenvalue weighted by molar-refractivity contribution is -0.873. The number of rotatable bonds is 9. The Hall–Kier alpha value is -1.43. The minimum Gasteiger partial charge on any atom is -0.550 e. The molecule has 0 saturated carbocycles. The second-order valence-corrected chi connectivity index (χ2v) is 5.22. The molecule has 0 saturated heterocycles. The predicted octanol–water partition coefficient (Wildman–Crippen LogP) is -0.886. The van der Waals surface area contributed by atoms with Crippen molar-refractivity contribution in [2.45, 2.75) is 31.8 Å². The number of aldehydes is 1. The maximum Gasteiger partial charge on any atom is 0.306 e. The molecule has 0 aromatic carbocycles. The van der Waals surface area contributed by atoms with Crippen molar-refractivity contribution in [3.63, 3.8) is 0 Å². The van der Waals surface area contributed by atoms with E-state index in [1.807, 2.05) is 21.1 Å². The summed E-state index contributed by atoms with van der Waals surface area (Å²) in [5.41, 5.74) is 0. The van der Waals surface area contributed by atoms with Crippen molar-refractivity contribution in [3.8, 4) is 0 Å². The fraction of sp³-hybridized carbons (Fsp3) is 0.750. The topological polar surface area (TPSA) is 83.5 Å². The van der Waals surface area contributed by atoms with Gasteiger partial charge in [0, 0.05) is 25.2 Å². The highest BCUT2D eigenvalue weighted by Gasteiger charge is 2.22. The summed E-state index contributed by atoms with van der Waals surface area (Å²) in [6.45, 7) is 0.396. The van der Waals surface area contributed by atoms with Crippen molar-refractivity contribution in [2.75, 3.05) is 27.7 Å². The van der Waals surface area contributed by atoms with Gasteiger partial charge in [0.1, 0.15) is 12.8 Å². The molecule has 0 aliphatic heterocycles. The van der Waals surface area contributed by atoms with Crippen LogP contribution in [0.1, 0.15) is 25.7 Å². The van der Waals surface area contributed by atoms with E-state index in [9.17, 15) is 19.5 Å². The Labute approximate surface area is 107 Å². The van der Waals surface area contributed by atoms with Gasteiger partial charge in [-0.15, -0.1) is 0 Å². The van der Waals surface area contributed by atoms with Crippen LogP contribution in [0.5, 0.6) is 0 Å². The third-order valence-electron chi connectivity index (χ3n) is 2.15. The molecule has 0 heterocycles. The zero-order valence-corrected chi connectivity index (χ0v) is 11.2. The largest absolute Gasteiger partial charge is 0.550 e. The van der Waals surface area contributed by atoms with Crippen molar-refractivity contribution in [2.24, 2.45) is 0 Å². The number of carbonyl (C=O) groups is 3. The summed E-state index contributed by atoms with van der Waals surface area (Å²) >= 11 is 0. The molecule has 0 bridgehead atoms. The Morgan fingerprint density at radius 1 is 1.33 bits per heavy atom. The highest BCUT2D eigenvalue weighted by molar-refractivity contribution is 5.71. The SMILES string of the molecule is C[N+](C)(C)CC(CC(=O)[O-])OC(=O)CCCC=O. The molecule has 0 aliphatic rings. The van der Waals surface area contributed by atoms with Gasteiger partial charge in [-0.1, -0.05) is 0 Å². The van der Waals surface area contributed by atoms with Crippen LogP contribution in [0, 0.1) is 0 Å². The average Bonchev–Trinajstić information content (AvgIpc) is 2.13. The van der Waals surface area contributed by atoms with Gasteiger partial charge >= 0.3 is 5.97 Å².